The quantitative estimate of drug-likeness (QED) is 0.496. The predicted molar refractivity (Wildman–Crippen MR) is 126 cm³/mol. The van der Waals surface area contributed by atoms with Gasteiger partial charge in [0.2, 0.25) is 5.91 Å². The molecular formula is C24H28ClN3O6. The second kappa shape index (κ2) is 11.4. The number of para-hydroxylation sites is 2. The van der Waals surface area contributed by atoms with E-state index in [0.717, 1.165) is 18.7 Å². The molecular weight excluding hydrogens is 462 g/mol. The molecule has 3 unspecified atom stereocenters. The number of nitrogens with zero attached hydrogens (tertiary/aromatic N) is 1. The van der Waals surface area contributed by atoms with E-state index in [4.69, 9.17) is 25.8 Å². The van der Waals surface area contributed by atoms with Crippen LogP contribution in [0.1, 0.15) is 19.3 Å². The van der Waals surface area contributed by atoms with Crippen molar-refractivity contribution < 1.29 is 28.9 Å². The Hall–Kier alpha value is -3.01. The molecule has 182 valence electrons. The molecule has 2 aromatic rings. The Bertz CT molecular complexity index is 989. The summed E-state index contributed by atoms with van der Waals surface area (Å²) in [7, 11) is 0. The number of carbonyl (C=O) groups is 2. The zero-order chi connectivity index (χ0) is 23.9. The van der Waals surface area contributed by atoms with E-state index in [1.807, 2.05) is 12.1 Å². The van der Waals surface area contributed by atoms with Crippen molar-refractivity contribution in [1.82, 2.24) is 10.2 Å². The van der Waals surface area contributed by atoms with Crippen LogP contribution in [-0.4, -0.2) is 66.7 Å². The Morgan fingerprint density at radius 2 is 2.00 bits per heavy atom. The van der Waals surface area contributed by atoms with Crippen molar-refractivity contribution in [2.24, 2.45) is 0 Å². The van der Waals surface area contributed by atoms with E-state index in [2.05, 4.69) is 15.5 Å². The SMILES string of the molecule is O=C1CCC(OC(=O)Nc2ccccc2OCC(O)CN2CCC(Oc3ccc(Cl)cc3)C2)N1. The Kier molecular flexibility index (Phi) is 8.10. The highest BCUT2D eigenvalue weighted by molar-refractivity contribution is 6.30. The maximum Gasteiger partial charge on any atom is 0.413 e. The smallest absolute Gasteiger partial charge is 0.413 e. The lowest BCUT2D eigenvalue weighted by molar-refractivity contribution is -0.120. The molecule has 0 aliphatic carbocycles. The molecule has 34 heavy (non-hydrogen) atoms. The van der Waals surface area contributed by atoms with E-state index in [0.29, 0.717) is 42.4 Å². The van der Waals surface area contributed by atoms with Crippen molar-refractivity contribution in [2.75, 3.05) is 31.6 Å². The van der Waals surface area contributed by atoms with Gasteiger partial charge in [-0.15, -0.1) is 0 Å². The van der Waals surface area contributed by atoms with Gasteiger partial charge in [0.25, 0.3) is 0 Å². The summed E-state index contributed by atoms with van der Waals surface area (Å²) in [6, 6.07) is 14.2. The standard InChI is InChI=1S/C24H28ClN3O6/c25-16-5-7-18(8-6-16)33-19-11-12-28(14-19)13-17(29)15-32-21-4-2-1-3-20(21)26-24(31)34-23-10-9-22(30)27-23/h1-8,17,19,23,29H,9-15H2,(H,26,31)(H,27,30). The summed E-state index contributed by atoms with van der Waals surface area (Å²) in [6.45, 7) is 2.03. The van der Waals surface area contributed by atoms with Crippen LogP contribution in [0, 0.1) is 0 Å². The Morgan fingerprint density at radius 3 is 2.76 bits per heavy atom. The molecule has 0 radical (unpaired) electrons. The third-order valence-corrected chi connectivity index (χ3v) is 5.83. The lowest BCUT2D eigenvalue weighted by atomic mass is 10.3. The molecule has 0 aromatic heterocycles. The molecule has 2 aromatic carbocycles. The molecule has 0 spiro atoms. The molecule has 4 rings (SSSR count). The van der Waals surface area contributed by atoms with Gasteiger partial charge in [0.1, 0.15) is 30.3 Å². The van der Waals surface area contributed by atoms with Crippen LogP contribution in [0.3, 0.4) is 0 Å². The van der Waals surface area contributed by atoms with Gasteiger partial charge in [-0.2, -0.15) is 0 Å². The zero-order valence-electron chi connectivity index (χ0n) is 18.6. The number of β-amino-alcohol motifs (C(OH)–C–C–N with tert-alkyl or cyclic N) is 1. The molecule has 2 aliphatic heterocycles. The number of amides is 2. The Labute approximate surface area is 202 Å². The van der Waals surface area contributed by atoms with Crippen LogP contribution in [0.15, 0.2) is 48.5 Å². The van der Waals surface area contributed by atoms with Crippen molar-refractivity contribution in [3.63, 3.8) is 0 Å². The number of aliphatic hydroxyl groups is 1. The average molecular weight is 490 g/mol. The second-order valence-corrected chi connectivity index (χ2v) is 8.76. The maximum absolute atomic E-state index is 12.2. The normalized spacial score (nSPS) is 21.1. The van der Waals surface area contributed by atoms with Crippen LogP contribution in [-0.2, 0) is 9.53 Å². The number of carbonyl (C=O) groups excluding carboxylic acids is 2. The third kappa shape index (κ3) is 6.99. The number of aliphatic hydroxyl groups excluding tert-OH is 1. The van der Waals surface area contributed by atoms with Gasteiger partial charge in [-0.05, 0) is 42.8 Å². The van der Waals surface area contributed by atoms with Crippen molar-refractivity contribution >= 4 is 29.3 Å². The fourth-order valence-electron chi connectivity index (χ4n) is 3.94. The van der Waals surface area contributed by atoms with E-state index in [1.54, 1.807) is 36.4 Å². The monoisotopic (exact) mass is 489 g/mol. The Balaban J connectivity index is 1.21. The zero-order valence-corrected chi connectivity index (χ0v) is 19.4. The highest BCUT2D eigenvalue weighted by atomic mass is 35.5. The van der Waals surface area contributed by atoms with Crippen molar-refractivity contribution in [1.29, 1.82) is 0 Å². The molecule has 2 aliphatic rings. The molecule has 3 N–H and O–H groups in total. The number of benzene rings is 2. The largest absolute Gasteiger partial charge is 0.489 e. The highest BCUT2D eigenvalue weighted by Gasteiger charge is 2.26. The molecule has 2 heterocycles. The van der Waals surface area contributed by atoms with E-state index in [-0.39, 0.29) is 18.6 Å². The van der Waals surface area contributed by atoms with Crippen molar-refractivity contribution in [3.05, 3.63) is 53.6 Å². The topological polar surface area (TPSA) is 109 Å². The fourth-order valence-corrected chi connectivity index (χ4v) is 4.07. The van der Waals surface area contributed by atoms with Crippen molar-refractivity contribution in [3.8, 4) is 11.5 Å². The van der Waals surface area contributed by atoms with Gasteiger partial charge < -0.3 is 24.6 Å². The van der Waals surface area contributed by atoms with Crippen molar-refractivity contribution in [2.45, 2.75) is 37.7 Å². The minimum Gasteiger partial charge on any atom is -0.489 e. The van der Waals surface area contributed by atoms with E-state index >= 15 is 0 Å². The number of hydrogen-bond acceptors (Lipinski definition) is 7. The molecule has 2 saturated heterocycles. The van der Waals surface area contributed by atoms with Gasteiger partial charge in [0.05, 0.1) is 5.69 Å². The van der Waals surface area contributed by atoms with Crippen LogP contribution in [0.4, 0.5) is 10.5 Å². The van der Waals surface area contributed by atoms with E-state index in [9.17, 15) is 14.7 Å². The molecule has 3 atom stereocenters. The summed E-state index contributed by atoms with van der Waals surface area (Å²) >= 11 is 5.91. The number of halogens is 1. The molecule has 0 bridgehead atoms. The van der Waals surface area contributed by atoms with E-state index in [1.165, 1.54) is 0 Å². The predicted octanol–water partition coefficient (Wildman–Crippen LogP) is 3.02. The average Bonchev–Trinajstić information content (AvgIpc) is 3.43. The van der Waals surface area contributed by atoms with E-state index < -0.39 is 18.4 Å². The first-order valence-corrected chi connectivity index (χ1v) is 11.6. The van der Waals surface area contributed by atoms with Crippen LogP contribution >= 0.6 is 11.6 Å². The number of ether oxygens (including phenoxy) is 3. The maximum atomic E-state index is 12.2. The molecule has 2 amide bonds. The van der Waals surface area contributed by atoms with Gasteiger partial charge in [-0.1, -0.05) is 23.7 Å². The first-order chi connectivity index (χ1) is 16.4. The summed E-state index contributed by atoms with van der Waals surface area (Å²) < 4.78 is 17.0. The minimum atomic E-state index is -0.719. The first kappa shape index (κ1) is 24.1. The number of anilines is 1. The second-order valence-electron chi connectivity index (χ2n) is 8.33. The summed E-state index contributed by atoms with van der Waals surface area (Å²) in [5.41, 5.74) is 0.418. The number of likely N-dealkylation sites (tertiary alicyclic amines) is 1. The van der Waals surface area contributed by atoms with Crippen LogP contribution in [0.25, 0.3) is 0 Å². The number of hydrogen-bond donors (Lipinski definition) is 3. The third-order valence-electron chi connectivity index (χ3n) is 5.57. The van der Waals surface area contributed by atoms with Gasteiger partial charge >= 0.3 is 6.09 Å². The lowest BCUT2D eigenvalue weighted by Crippen LogP contribution is -2.35. The summed E-state index contributed by atoms with van der Waals surface area (Å²) in [5, 5.41) is 16.4. The summed E-state index contributed by atoms with van der Waals surface area (Å²) in [5.74, 6) is 1.05. The molecule has 10 heteroatoms. The van der Waals surface area contributed by atoms with Gasteiger partial charge in [-0.3, -0.25) is 15.0 Å². The fraction of sp³-hybridized carbons (Fsp3) is 0.417. The highest BCUT2D eigenvalue weighted by Crippen LogP contribution is 2.25. The lowest BCUT2D eigenvalue weighted by Gasteiger charge is -2.21. The van der Waals surface area contributed by atoms with Crippen LogP contribution < -0.4 is 20.1 Å². The molecule has 0 saturated carbocycles. The van der Waals surface area contributed by atoms with Gasteiger partial charge in [0.15, 0.2) is 6.23 Å². The first-order valence-electron chi connectivity index (χ1n) is 11.3. The molecule has 2 fully saturated rings. The summed E-state index contributed by atoms with van der Waals surface area (Å²) in [6.07, 6.45) is -0.341. The van der Waals surface area contributed by atoms with Gasteiger partial charge in [-0.25, -0.2) is 4.79 Å². The van der Waals surface area contributed by atoms with Crippen LogP contribution in [0.5, 0.6) is 11.5 Å². The minimum absolute atomic E-state index is 0.0508. The van der Waals surface area contributed by atoms with Gasteiger partial charge in [0, 0.05) is 37.5 Å². The number of nitrogens with one attached hydrogen (secondary N) is 2. The Morgan fingerprint density at radius 1 is 1.21 bits per heavy atom. The number of rotatable bonds is 9. The summed E-state index contributed by atoms with van der Waals surface area (Å²) in [4.78, 5) is 25.5. The van der Waals surface area contributed by atoms with Crippen LogP contribution in [0.2, 0.25) is 5.02 Å². The molecule has 9 nitrogen and oxygen atoms in total.